The summed E-state index contributed by atoms with van der Waals surface area (Å²) in [5, 5.41) is 30.1. The maximum atomic E-state index is 11.5. The molecule has 1 aliphatic rings. The molecule has 0 radical (unpaired) electrons. The van der Waals surface area contributed by atoms with E-state index >= 15 is 0 Å². The molecule has 1 amide bonds. The number of nitrogens with one attached hydrogen (secondary N) is 2. The minimum Gasteiger partial charge on any atom is -0.492 e. The Balaban J connectivity index is 1.27. The Kier molecular flexibility index (Phi) is 7.34. The van der Waals surface area contributed by atoms with Crippen LogP contribution in [0.15, 0.2) is 71.8 Å². The molecule has 0 fully saturated rings. The monoisotopic (exact) mass is 447 g/mol. The topological polar surface area (TPSA) is 103 Å². The van der Waals surface area contributed by atoms with Crippen molar-refractivity contribution in [1.29, 1.82) is 0 Å². The van der Waals surface area contributed by atoms with Crippen molar-refractivity contribution in [3.63, 3.8) is 0 Å². The van der Waals surface area contributed by atoms with E-state index in [1.807, 2.05) is 73.7 Å². The zero-order valence-electron chi connectivity index (χ0n) is 18.6. The fourth-order valence-corrected chi connectivity index (χ4v) is 4.07. The van der Waals surface area contributed by atoms with Gasteiger partial charge in [0.2, 0.25) is 5.91 Å². The zero-order chi connectivity index (χ0) is 23.2. The molecule has 0 aliphatic carbocycles. The second-order valence-electron chi connectivity index (χ2n) is 8.32. The van der Waals surface area contributed by atoms with Gasteiger partial charge in [0.05, 0.1) is 11.8 Å². The molecule has 33 heavy (non-hydrogen) atoms. The van der Waals surface area contributed by atoms with Gasteiger partial charge in [0.1, 0.15) is 18.6 Å². The Morgan fingerprint density at radius 2 is 1.91 bits per heavy atom. The summed E-state index contributed by atoms with van der Waals surface area (Å²) in [7, 11) is 0. The fraction of sp³-hybridized carbons (Fsp3) is 0.308. The van der Waals surface area contributed by atoms with Crippen LogP contribution >= 0.6 is 0 Å². The van der Waals surface area contributed by atoms with Crippen LogP contribution in [0.5, 0.6) is 5.75 Å². The summed E-state index contributed by atoms with van der Waals surface area (Å²) >= 11 is 0. The van der Waals surface area contributed by atoms with Crippen molar-refractivity contribution in [3.8, 4) is 5.75 Å². The Labute approximate surface area is 193 Å². The van der Waals surface area contributed by atoms with Crippen LogP contribution in [-0.2, 0) is 11.2 Å². The van der Waals surface area contributed by atoms with Gasteiger partial charge < -0.3 is 14.9 Å². The predicted octanol–water partition coefficient (Wildman–Crippen LogP) is 2.59. The van der Waals surface area contributed by atoms with Gasteiger partial charge in [0, 0.05) is 30.9 Å². The Morgan fingerprint density at radius 1 is 1.12 bits per heavy atom. The average molecular weight is 448 g/mol. The number of benzene rings is 3. The van der Waals surface area contributed by atoms with Gasteiger partial charge in [-0.05, 0) is 28.5 Å². The molecule has 172 valence electrons. The summed E-state index contributed by atoms with van der Waals surface area (Å²) in [6.45, 7) is 2.66. The number of rotatable bonds is 9. The molecule has 1 aliphatic heterocycles. The highest BCUT2D eigenvalue weighted by atomic mass is 16.5. The van der Waals surface area contributed by atoms with Crippen LogP contribution in [0.1, 0.15) is 24.5 Å². The molecule has 3 aromatic rings. The molecule has 3 unspecified atom stereocenters. The van der Waals surface area contributed by atoms with Crippen LogP contribution in [0.4, 0.5) is 0 Å². The minimum atomic E-state index is -1.07. The summed E-state index contributed by atoms with van der Waals surface area (Å²) in [6.07, 6.45) is -1.26. The van der Waals surface area contributed by atoms with E-state index in [1.54, 1.807) is 0 Å². The lowest BCUT2D eigenvalue weighted by Crippen LogP contribution is -2.42. The second kappa shape index (κ2) is 10.6. The number of fused-ring (bicyclic) bond motifs is 1. The van der Waals surface area contributed by atoms with Gasteiger partial charge in [0.25, 0.3) is 0 Å². The molecule has 0 saturated heterocycles. The lowest BCUT2D eigenvalue weighted by Gasteiger charge is -2.21. The van der Waals surface area contributed by atoms with Gasteiger partial charge in [0.15, 0.2) is 0 Å². The van der Waals surface area contributed by atoms with Gasteiger partial charge in [-0.2, -0.15) is 5.10 Å². The highest BCUT2D eigenvalue weighted by Gasteiger charge is 2.22. The summed E-state index contributed by atoms with van der Waals surface area (Å²) in [4.78, 5) is 11.5. The molecule has 4 rings (SSSR count). The van der Waals surface area contributed by atoms with E-state index in [-0.39, 0.29) is 11.8 Å². The maximum Gasteiger partial charge on any atom is 0.240 e. The number of hydrazone groups is 1. The zero-order valence-corrected chi connectivity index (χ0v) is 18.6. The van der Waals surface area contributed by atoms with Crippen molar-refractivity contribution in [2.45, 2.75) is 32.1 Å². The van der Waals surface area contributed by atoms with E-state index in [4.69, 9.17) is 4.74 Å². The van der Waals surface area contributed by atoms with Crippen molar-refractivity contribution in [2.75, 3.05) is 13.2 Å². The lowest BCUT2D eigenvalue weighted by atomic mass is 9.94. The molecule has 0 spiro atoms. The summed E-state index contributed by atoms with van der Waals surface area (Å²) in [5.41, 5.74) is 5.25. The fourth-order valence-electron chi connectivity index (χ4n) is 4.07. The van der Waals surface area contributed by atoms with Crippen LogP contribution in [0.3, 0.4) is 0 Å². The van der Waals surface area contributed by atoms with Crippen LogP contribution in [0.2, 0.25) is 0 Å². The third kappa shape index (κ3) is 5.76. The maximum absolute atomic E-state index is 11.5. The summed E-state index contributed by atoms with van der Waals surface area (Å²) < 4.78 is 5.80. The highest BCUT2D eigenvalue weighted by Crippen LogP contribution is 2.21. The third-order valence-corrected chi connectivity index (χ3v) is 5.79. The van der Waals surface area contributed by atoms with Gasteiger partial charge in [-0.1, -0.05) is 61.5 Å². The van der Waals surface area contributed by atoms with Gasteiger partial charge in [-0.25, -0.2) is 5.43 Å². The van der Waals surface area contributed by atoms with Crippen molar-refractivity contribution in [3.05, 3.63) is 77.9 Å². The van der Waals surface area contributed by atoms with E-state index in [1.165, 1.54) is 0 Å². The highest BCUT2D eigenvalue weighted by molar-refractivity contribution is 6.05. The Morgan fingerprint density at radius 3 is 2.76 bits per heavy atom. The van der Waals surface area contributed by atoms with Gasteiger partial charge >= 0.3 is 0 Å². The molecular formula is C26H29N3O4. The molecule has 1 heterocycles. The van der Waals surface area contributed by atoms with E-state index in [0.29, 0.717) is 31.7 Å². The summed E-state index contributed by atoms with van der Waals surface area (Å²) in [5.74, 6) is 0.631. The van der Waals surface area contributed by atoms with E-state index in [2.05, 4.69) is 15.8 Å². The molecule has 0 aromatic heterocycles. The smallest absolute Gasteiger partial charge is 0.240 e. The van der Waals surface area contributed by atoms with Crippen molar-refractivity contribution < 1.29 is 19.7 Å². The first kappa shape index (κ1) is 22.9. The van der Waals surface area contributed by atoms with Crippen LogP contribution in [0.25, 0.3) is 10.8 Å². The number of aliphatic hydroxyl groups excluding tert-OH is 2. The molecule has 0 saturated carbocycles. The number of carbonyl (C=O) groups excluding carboxylic acids is 1. The molecular weight excluding hydrogens is 418 g/mol. The standard InChI is InChI=1S/C26H29N3O4/c1-17-14-24(31)28-29-25(17)20-9-5-10-21(15-20)33-13-12-27-26(32)23(30)16-19-8-4-7-18-6-2-3-11-22(18)19/h2-11,15,17,23,26-27,30,32H,12-14,16H2,1H3,(H,28,31). The van der Waals surface area contributed by atoms with Crippen LogP contribution in [-0.4, -0.2) is 47.3 Å². The number of hydrogen-bond acceptors (Lipinski definition) is 6. The minimum absolute atomic E-state index is 0.0361. The first-order chi connectivity index (χ1) is 16.0. The molecule has 3 aromatic carbocycles. The number of hydrogen-bond donors (Lipinski definition) is 4. The van der Waals surface area contributed by atoms with Gasteiger partial charge in [-0.15, -0.1) is 0 Å². The van der Waals surface area contributed by atoms with Gasteiger partial charge in [-0.3, -0.25) is 10.1 Å². The van der Waals surface area contributed by atoms with Crippen molar-refractivity contribution >= 4 is 22.4 Å². The average Bonchev–Trinajstić information content (AvgIpc) is 2.82. The molecule has 7 heteroatoms. The first-order valence-electron chi connectivity index (χ1n) is 11.2. The first-order valence-corrected chi connectivity index (χ1v) is 11.2. The molecule has 4 N–H and O–H groups in total. The number of amides is 1. The SMILES string of the molecule is CC1CC(=O)NN=C1c1cccc(OCCNC(O)C(O)Cc2cccc3ccccc23)c1. The normalized spacial score (nSPS) is 17.8. The quantitative estimate of drug-likeness (QED) is 0.298. The van der Waals surface area contributed by atoms with Crippen LogP contribution < -0.4 is 15.5 Å². The van der Waals surface area contributed by atoms with Crippen molar-refractivity contribution in [1.82, 2.24) is 10.7 Å². The third-order valence-electron chi connectivity index (χ3n) is 5.79. The lowest BCUT2D eigenvalue weighted by molar-refractivity contribution is -0.121. The van der Waals surface area contributed by atoms with E-state index in [9.17, 15) is 15.0 Å². The number of ether oxygens (including phenoxy) is 1. The Hall–Kier alpha value is -3.26. The molecule has 0 bridgehead atoms. The van der Waals surface area contributed by atoms with Crippen LogP contribution in [0, 0.1) is 5.92 Å². The van der Waals surface area contributed by atoms with E-state index < -0.39 is 12.3 Å². The largest absolute Gasteiger partial charge is 0.492 e. The number of aliphatic hydroxyl groups is 2. The van der Waals surface area contributed by atoms with Crippen molar-refractivity contribution in [2.24, 2.45) is 11.0 Å². The second-order valence-corrected chi connectivity index (χ2v) is 8.32. The van der Waals surface area contributed by atoms with E-state index in [0.717, 1.165) is 27.6 Å². The number of nitrogens with zero attached hydrogens (tertiary/aromatic N) is 1. The molecule has 3 atom stereocenters. The Bertz CT molecular complexity index is 1140. The summed E-state index contributed by atoms with van der Waals surface area (Å²) in [6, 6.07) is 21.5. The molecule has 7 nitrogen and oxygen atoms in total. The number of carbonyl (C=O) groups is 1. The predicted molar refractivity (Wildman–Crippen MR) is 128 cm³/mol.